The summed E-state index contributed by atoms with van der Waals surface area (Å²) in [5.41, 5.74) is 3.25. The molecule has 2 amide bonds. The van der Waals surface area contributed by atoms with E-state index in [0.29, 0.717) is 32.4 Å². The van der Waals surface area contributed by atoms with E-state index in [4.69, 9.17) is 4.74 Å². The number of benzene rings is 2. The Labute approximate surface area is 204 Å². The summed E-state index contributed by atoms with van der Waals surface area (Å²) in [4.78, 5) is 39.6. The zero-order valence-corrected chi connectivity index (χ0v) is 19.7. The van der Waals surface area contributed by atoms with Crippen LogP contribution in [0.25, 0.3) is 11.1 Å². The SMILES string of the molecule is O=C(NCC1(C(=O)N2CC3CCCC3(C(=O)O)C2)CC1)OCC1c2ccccc2-c2ccccc21. The van der Waals surface area contributed by atoms with E-state index in [1.54, 1.807) is 4.90 Å². The second-order valence-corrected chi connectivity index (χ2v) is 10.7. The Morgan fingerprint density at radius 3 is 2.26 bits per heavy atom. The van der Waals surface area contributed by atoms with E-state index in [9.17, 15) is 19.5 Å². The summed E-state index contributed by atoms with van der Waals surface area (Å²) >= 11 is 0. The van der Waals surface area contributed by atoms with Crippen molar-refractivity contribution in [1.29, 1.82) is 0 Å². The van der Waals surface area contributed by atoms with Gasteiger partial charge in [0.2, 0.25) is 5.91 Å². The Kier molecular flexibility index (Phi) is 5.13. The van der Waals surface area contributed by atoms with Gasteiger partial charge in [-0.1, -0.05) is 55.0 Å². The monoisotopic (exact) mass is 474 g/mol. The fourth-order valence-electron chi connectivity index (χ4n) is 6.64. The molecule has 0 spiro atoms. The smallest absolute Gasteiger partial charge is 0.407 e. The molecule has 1 saturated heterocycles. The molecule has 2 aromatic carbocycles. The van der Waals surface area contributed by atoms with Crippen LogP contribution in [0.2, 0.25) is 0 Å². The quantitative estimate of drug-likeness (QED) is 0.659. The second kappa shape index (κ2) is 8.11. The summed E-state index contributed by atoms with van der Waals surface area (Å²) in [6, 6.07) is 16.4. The molecule has 4 aliphatic rings. The molecule has 2 atom stereocenters. The standard InChI is InChI=1S/C28H30N2O5/c31-24(30-14-18-6-5-11-28(18,17-30)25(32)33)27(12-13-27)16-29-26(34)35-15-23-21-9-3-1-7-19(21)20-8-2-4-10-22(20)23/h1-4,7-10,18,23H,5-6,11-17H2,(H,29,34)(H,32,33). The largest absolute Gasteiger partial charge is 0.481 e. The summed E-state index contributed by atoms with van der Waals surface area (Å²) in [6.07, 6.45) is 3.30. The molecule has 7 heteroatoms. The highest BCUT2D eigenvalue weighted by Gasteiger charge is 2.60. The molecule has 35 heavy (non-hydrogen) atoms. The zero-order chi connectivity index (χ0) is 24.2. The van der Waals surface area contributed by atoms with Crippen molar-refractivity contribution in [3.8, 4) is 11.1 Å². The van der Waals surface area contributed by atoms with Crippen molar-refractivity contribution in [3.63, 3.8) is 0 Å². The van der Waals surface area contributed by atoms with Gasteiger partial charge in [0, 0.05) is 25.6 Å². The van der Waals surface area contributed by atoms with Gasteiger partial charge in [-0.05, 0) is 53.9 Å². The van der Waals surface area contributed by atoms with E-state index >= 15 is 0 Å². The van der Waals surface area contributed by atoms with Gasteiger partial charge in [-0.2, -0.15) is 0 Å². The van der Waals surface area contributed by atoms with Gasteiger partial charge < -0.3 is 20.1 Å². The minimum Gasteiger partial charge on any atom is -0.481 e. The van der Waals surface area contributed by atoms with Crippen LogP contribution in [-0.2, 0) is 14.3 Å². The van der Waals surface area contributed by atoms with Gasteiger partial charge in [-0.15, -0.1) is 0 Å². The van der Waals surface area contributed by atoms with Crippen molar-refractivity contribution in [2.75, 3.05) is 26.2 Å². The van der Waals surface area contributed by atoms with Crippen LogP contribution in [0, 0.1) is 16.7 Å². The lowest BCUT2D eigenvalue weighted by Gasteiger charge is -2.26. The lowest BCUT2D eigenvalue weighted by molar-refractivity contribution is -0.149. The Bertz CT molecular complexity index is 1160. The van der Waals surface area contributed by atoms with E-state index in [2.05, 4.69) is 29.6 Å². The number of nitrogens with one attached hydrogen (secondary N) is 1. The van der Waals surface area contributed by atoms with Gasteiger partial charge in [-0.25, -0.2) is 4.79 Å². The zero-order valence-electron chi connectivity index (χ0n) is 19.7. The van der Waals surface area contributed by atoms with Crippen molar-refractivity contribution < 1.29 is 24.2 Å². The summed E-state index contributed by atoms with van der Waals surface area (Å²) in [5.74, 6) is -0.779. The van der Waals surface area contributed by atoms with Crippen LogP contribution in [0.3, 0.4) is 0 Å². The first-order chi connectivity index (χ1) is 16.9. The molecule has 0 aromatic heterocycles. The third-order valence-electron chi connectivity index (χ3n) is 8.81. The first-order valence-electron chi connectivity index (χ1n) is 12.6. The molecular formula is C28H30N2O5. The maximum absolute atomic E-state index is 13.3. The van der Waals surface area contributed by atoms with Crippen LogP contribution >= 0.6 is 0 Å². The minimum absolute atomic E-state index is 0.0131. The summed E-state index contributed by atoms with van der Waals surface area (Å²) in [5, 5.41) is 12.6. The number of nitrogens with zero attached hydrogens (tertiary/aromatic N) is 1. The molecule has 6 rings (SSSR count). The van der Waals surface area contributed by atoms with E-state index < -0.39 is 22.9 Å². The number of ether oxygens (including phenoxy) is 1. The number of alkyl carbamates (subject to hydrolysis) is 1. The molecular weight excluding hydrogens is 444 g/mol. The second-order valence-electron chi connectivity index (χ2n) is 10.7. The summed E-state index contributed by atoms with van der Waals surface area (Å²) < 4.78 is 5.62. The number of hydrogen-bond acceptors (Lipinski definition) is 4. The highest BCUT2D eigenvalue weighted by atomic mass is 16.5. The molecule has 2 unspecified atom stereocenters. The molecule has 0 bridgehead atoms. The summed E-state index contributed by atoms with van der Waals surface area (Å²) in [7, 11) is 0. The molecule has 2 saturated carbocycles. The van der Waals surface area contributed by atoms with Gasteiger partial charge >= 0.3 is 12.1 Å². The lowest BCUT2D eigenvalue weighted by Crippen LogP contribution is -2.44. The van der Waals surface area contributed by atoms with E-state index in [-0.39, 0.29) is 30.9 Å². The Morgan fingerprint density at radius 2 is 1.66 bits per heavy atom. The molecule has 1 aliphatic heterocycles. The first kappa shape index (κ1) is 22.1. The third kappa shape index (κ3) is 3.51. The maximum atomic E-state index is 13.3. The van der Waals surface area contributed by atoms with Crippen molar-refractivity contribution >= 4 is 18.0 Å². The molecule has 3 fully saturated rings. The summed E-state index contributed by atoms with van der Waals surface area (Å²) in [6.45, 7) is 1.26. The van der Waals surface area contributed by atoms with Crippen molar-refractivity contribution in [3.05, 3.63) is 59.7 Å². The predicted octanol–water partition coefficient (Wildman–Crippen LogP) is 4.02. The molecule has 2 aromatic rings. The van der Waals surface area contributed by atoms with E-state index in [1.165, 1.54) is 11.1 Å². The van der Waals surface area contributed by atoms with Gasteiger partial charge in [0.15, 0.2) is 0 Å². The van der Waals surface area contributed by atoms with Crippen LogP contribution in [0.5, 0.6) is 0 Å². The number of likely N-dealkylation sites (tertiary alicyclic amines) is 1. The normalized spacial score (nSPS) is 25.5. The van der Waals surface area contributed by atoms with Crippen molar-refractivity contribution in [2.24, 2.45) is 16.7 Å². The minimum atomic E-state index is -0.786. The average Bonchev–Trinajstić information content (AvgIpc) is 3.24. The van der Waals surface area contributed by atoms with Gasteiger partial charge in [0.25, 0.3) is 0 Å². The number of carbonyl (C=O) groups excluding carboxylic acids is 2. The van der Waals surface area contributed by atoms with Gasteiger partial charge in [0.1, 0.15) is 6.61 Å². The Balaban J connectivity index is 1.06. The van der Waals surface area contributed by atoms with Crippen LogP contribution in [0.1, 0.15) is 49.1 Å². The fraction of sp³-hybridized carbons (Fsp3) is 0.464. The maximum Gasteiger partial charge on any atom is 0.407 e. The Morgan fingerprint density at radius 1 is 1.00 bits per heavy atom. The number of hydrogen-bond donors (Lipinski definition) is 2. The lowest BCUT2D eigenvalue weighted by atomic mass is 9.81. The highest BCUT2D eigenvalue weighted by molar-refractivity contribution is 5.88. The van der Waals surface area contributed by atoms with E-state index in [0.717, 1.165) is 24.0 Å². The van der Waals surface area contributed by atoms with E-state index in [1.807, 2.05) is 24.3 Å². The first-order valence-corrected chi connectivity index (χ1v) is 12.6. The molecule has 3 aliphatic carbocycles. The van der Waals surface area contributed by atoms with Crippen LogP contribution in [0.15, 0.2) is 48.5 Å². The topological polar surface area (TPSA) is 95.9 Å². The van der Waals surface area contributed by atoms with Crippen molar-refractivity contribution in [1.82, 2.24) is 10.2 Å². The number of fused-ring (bicyclic) bond motifs is 4. The number of carboxylic acid groups (broad SMARTS) is 1. The highest BCUT2D eigenvalue weighted by Crippen LogP contribution is 2.53. The van der Waals surface area contributed by atoms with Crippen LogP contribution < -0.4 is 5.32 Å². The third-order valence-corrected chi connectivity index (χ3v) is 8.81. The van der Waals surface area contributed by atoms with Crippen molar-refractivity contribution in [2.45, 2.75) is 38.0 Å². The van der Waals surface area contributed by atoms with Gasteiger partial charge in [-0.3, -0.25) is 9.59 Å². The van der Waals surface area contributed by atoms with Crippen LogP contribution in [0.4, 0.5) is 4.79 Å². The van der Waals surface area contributed by atoms with Crippen LogP contribution in [-0.4, -0.2) is 54.2 Å². The number of rotatable bonds is 6. The number of aliphatic carboxylic acids is 1. The number of amides is 2. The van der Waals surface area contributed by atoms with Gasteiger partial charge in [0.05, 0.1) is 10.8 Å². The molecule has 1 heterocycles. The molecule has 0 radical (unpaired) electrons. The molecule has 2 N–H and O–H groups in total. The Hall–Kier alpha value is -3.35. The molecule has 7 nitrogen and oxygen atoms in total. The molecule has 182 valence electrons. The fourth-order valence-corrected chi connectivity index (χ4v) is 6.64. The average molecular weight is 475 g/mol. The predicted molar refractivity (Wildman–Crippen MR) is 129 cm³/mol. The number of carbonyl (C=O) groups is 3. The number of carboxylic acids is 1.